The van der Waals surface area contributed by atoms with Gasteiger partial charge >= 0.3 is 50.5 Å². The van der Waals surface area contributed by atoms with Gasteiger partial charge in [0, 0.05) is 129 Å². The van der Waals surface area contributed by atoms with E-state index in [2.05, 4.69) is 158 Å². The van der Waals surface area contributed by atoms with Crippen LogP contribution in [0.5, 0.6) is 0 Å². The fraction of sp³-hybridized carbons (Fsp3) is 0.375. The minimum atomic E-state index is -3.54. The summed E-state index contributed by atoms with van der Waals surface area (Å²) in [6.45, 7) is 13.3. The minimum absolute atomic E-state index is 0.0118. The van der Waals surface area contributed by atoms with Crippen molar-refractivity contribution in [2.24, 2.45) is 0 Å². The van der Waals surface area contributed by atoms with Crippen molar-refractivity contribution in [3.8, 4) is 33.8 Å². The van der Waals surface area contributed by atoms with E-state index >= 15 is 0 Å². The van der Waals surface area contributed by atoms with E-state index in [1.807, 2.05) is 48.5 Å². The van der Waals surface area contributed by atoms with Gasteiger partial charge < -0.3 is 5.11 Å². The third-order valence-electron chi connectivity index (χ3n) is 10.8. The Balaban J connectivity index is 0.000000552. The Bertz CT molecular complexity index is 3080. The Labute approximate surface area is 542 Å². The van der Waals surface area contributed by atoms with E-state index in [4.69, 9.17) is 0 Å². The predicted octanol–water partition coefficient (Wildman–Crippen LogP) is 11.4. The first-order valence-corrected chi connectivity index (χ1v) is 54.3. The number of benzene rings is 3. The van der Waals surface area contributed by atoms with Crippen LogP contribution >= 0.6 is 128 Å². The Morgan fingerprint density at radius 1 is 0.500 bits per heavy atom. The molecule has 0 atom stereocenters. The van der Waals surface area contributed by atoms with Crippen LogP contribution in [0, 0.1) is 24.4 Å². The zero-order valence-corrected chi connectivity index (χ0v) is 63.5. The first-order valence-electron chi connectivity index (χ1n) is 22.4. The van der Waals surface area contributed by atoms with Crippen molar-refractivity contribution in [3.05, 3.63) is 124 Å². The monoisotopic (exact) mass is 1990 g/mol. The maximum atomic E-state index is 13.2. The summed E-state index contributed by atoms with van der Waals surface area (Å²) in [6, 6.07) is 17.5. The van der Waals surface area contributed by atoms with E-state index in [1.54, 1.807) is 24.3 Å². The van der Waals surface area contributed by atoms with Crippen molar-refractivity contribution < 1.29 is 56.8 Å². The van der Waals surface area contributed by atoms with Gasteiger partial charge in [-0.15, -0.1) is 0 Å². The number of sulfonamides is 3. The standard InChI is InChI=1S/C16H19BrFN3O2S.C16H20FN3O3S.C16H20FN3O2S.I3.2I2/c1-10(2)14-13(9-17)15(11-5-7-12(18)8-6-11)20-16(19-14)21(3)24(4,22)23;1-10(2)14-13(9-21)15(11-5-7-12(17)8-6-11)19-16(18-14)20(3)24(4,22)23;1-10(2)14-11(3)15(12-6-8-13(17)9-7-12)19-16(18-14)20(4)23(5,21)22;1-3-2;2*1-2/h5-8,10H,9H2,1-4H3;5-8,10,21H,9H2,1-4H3;6-10H,1-5H3;;;/q;;;-1;;. The van der Waals surface area contributed by atoms with Crippen LogP contribution in [-0.2, 0) is 42.0 Å². The van der Waals surface area contributed by atoms with Gasteiger partial charge in [-0.2, -0.15) is 0 Å². The molecule has 434 valence electrons. The van der Waals surface area contributed by atoms with Gasteiger partial charge in [0.2, 0.25) is 47.9 Å². The van der Waals surface area contributed by atoms with Gasteiger partial charge in [0.05, 0.1) is 59.5 Å². The third kappa shape index (κ3) is 22.8. The molecule has 16 nitrogen and oxygen atoms in total. The summed E-state index contributed by atoms with van der Waals surface area (Å²) in [5.74, 6) is -0.722. The molecule has 0 amide bonds. The third-order valence-corrected chi connectivity index (χ3v) is 14.9. The average molecular weight is 2000 g/mol. The molecule has 3 aromatic heterocycles. The summed E-state index contributed by atoms with van der Waals surface area (Å²) in [7, 11) is -6.30. The SMILES string of the molecule is CC(C)c1nc(N(C)S(C)(=O)=O)nc(-c2ccc(F)cc2)c1CBr.CC(C)c1nc(N(C)S(C)(=O)=O)nc(-c2ccc(F)cc2)c1CO.Cc1c(-c2ccc(F)cc2)nc(N(C)S(C)(=O)=O)nc1C(C)C.II.II.I[I-]I. The first kappa shape index (κ1) is 75.5. The van der Waals surface area contributed by atoms with Crippen LogP contribution in [0.1, 0.15) is 93.1 Å². The van der Waals surface area contributed by atoms with Crippen LogP contribution in [0.4, 0.5) is 31.0 Å². The second kappa shape index (κ2) is 35.7. The molecule has 0 spiro atoms. The fourth-order valence-corrected chi connectivity index (χ4v) is 8.44. The number of hydrogen-bond donors (Lipinski definition) is 1. The Morgan fingerprint density at radius 3 is 1.00 bits per heavy atom. The van der Waals surface area contributed by atoms with Gasteiger partial charge in [-0.3, -0.25) is 0 Å². The summed E-state index contributed by atoms with van der Waals surface area (Å²) < 4.78 is 114. The topological polar surface area (TPSA) is 210 Å². The van der Waals surface area contributed by atoms with Crippen LogP contribution in [-0.4, -0.2) is 100 Å². The summed E-state index contributed by atoms with van der Waals surface area (Å²) >= 11 is 17.2. The van der Waals surface area contributed by atoms with Crippen molar-refractivity contribution >= 4 is 176 Å². The van der Waals surface area contributed by atoms with Crippen molar-refractivity contribution in [2.45, 2.75) is 78.2 Å². The van der Waals surface area contributed by atoms with Gasteiger partial charge in [0.15, 0.2) is 0 Å². The molecule has 30 heteroatoms. The van der Waals surface area contributed by atoms with Gasteiger partial charge in [-0.1, -0.05) is 57.5 Å². The molecule has 0 saturated carbocycles. The molecule has 0 unspecified atom stereocenters. The number of aliphatic hydroxyl groups excluding tert-OH is 1. The van der Waals surface area contributed by atoms with Crippen LogP contribution in [0.3, 0.4) is 0 Å². The fourth-order valence-electron chi connectivity index (χ4n) is 6.75. The van der Waals surface area contributed by atoms with Crippen LogP contribution in [0.2, 0.25) is 0 Å². The van der Waals surface area contributed by atoms with E-state index in [-0.39, 0.29) is 53.8 Å². The summed E-state index contributed by atoms with van der Waals surface area (Å²) in [5, 5.41) is 10.3. The molecular formula is C48H59BrF3I7N9O7S3-. The van der Waals surface area contributed by atoms with E-state index in [1.165, 1.54) is 69.7 Å². The van der Waals surface area contributed by atoms with E-state index < -0.39 is 35.9 Å². The number of nitrogens with zero attached hydrogens (tertiary/aromatic N) is 9. The van der Waals surface area contributed by atoms with Crippen molar-refractivity contribution in [2.75, 3.05) is 52.8 Å². The van der Waals surface area contributed by atoms with Crippen molar-refractivity contribution in [1.82, 2.24) is 29.9 Å². The molecule has 0 radical (unpaired) electrons. The molecule has 0 aliphatic carbocycles. The van der Waals surface area contributed by atoms with Crippen LogP contribution in [0.25, 0.3) is 33.8 Å². The molecule has 0 aliphatic heterocycles. The summed E-state index contributed by atoms with van der Waals surface area (Å²) in [6.07, 6.45) is 3.26. The molecule has 78 heavy (non-hydrogen) atoms. The van der Waals surface area contributed by atoms with Crippen molar-refractivity contribution in [1.29, 1.82) is 0 Å². The summed E-state index contributed by atoms with van der Waals surface area (Å²) in [5.41, 5.74) is 7.89. The molecular weight excluding hydrogens is 1940 g/mol. The Kier molecular flexibility index (Phi) is 34.6. The number of anilines is 3. The molecule has 3 heterocycles. The van der Waals surface area contributed by atoms with Crippen molar-refractivity contribution in [3.63, 3.8) is 0 Å². The van der Waals surface area contributed by atoms with Gasteiger partial charge in [0.1, 0.15) is 17.5 Å². The molecule has 0 aliphatic rings. The Hall–Kier alpha value is -0.510. The molecule has 3 aromatic carbocycles. The van der Waals surface area contributed by atoms with Gasteiger partial charge in [-0.05, 0) is 103 Å². The molecule has 1 N–H and O–H groups in total. The molecule has 0 fully saturated rings. The van der Waals surface area contributed by atoms with Crippen LogP contribution < -0.4 is 26.2 Å². The molecule has 6 aromatic rings. The summed E-state index contributed by atoms with van der Waals surface area (Å²) in [4.78, 5) is 26.3. The molecule has 0 bridgehead atoms. The second-order valence-electron chi connectivity index (χ2n) is 17.4. The number of hydrogen-bond acceptors (Lipinski definition) is 13. The molecule has 6 rings (SSSR count). The Morgan fingerprint density at radius 2 is 0.744 bits per heavy atom. The maximum absolute atomic E-state index is 13.2. The number of halogens is 11. The predicted molar refractivity (Wildman–Crippen MR) is 362 cm³/mol. The number of alkyl halides is 1. The van der Waals surface area contributed by atoms with Gasteiger partial charge in [-0.25, -0.2) is 81.2 Å². The average Bonchev–Trinajstić information content (AvgIpc) is 3.38. The first-order chi connectivity index (χ1) is 36.3. The zero-order chi connectivity index (χ0) is 60.2. The molecule has 0 saturated heterocycles. The normalized spacial score (nSPS) is 11.2. The number of rotatable bonds is 14. The number of aliphatic hydroxyl groups is 1. The van der Waals surface area contributed by atoms with E-state index in [9.17, 15) is 43.5 Å². The van der Waals surface area contributed by atoms with Gasteiger partial charge in [0.25, 0.3) is 0 Å². The second-order valence-corrected chi connectivity index (χ2v) is 40.2. The zero-order valence-electron chi connectivity index (χ0n) is 44.4. The van der Waals surface area contributed by atoms with Crippen LogP contribution in [0.15, 0.2) is 72.8 Å². The quantitative estimate of drug-likeness (QED) is 0.0796. The van der Waals surface area contributed by atoms with E-state index in [0.717, 1.165) is 59.8 Å². The number of aromatic nitrogens is 6. The van der Waals surface area contributed by atoms with E-state index in [0.29, 0.717) is 58.1 Å².